The average Bonchev–Trinajstić information content (AvgIpc) is 2.65. The fourth-order valence-electron chi connectivity index (χ4n) is 4.84. The van der Waals surface area contributed by atoms with Crippen molar-refractivity contribution < 1.29 is 25.2 Å². The van der Waals surface area contributed by atoms with Crippen LogP contribution in [0.2, 0.25) is 0 Å². The molecule has 2 saturated carbocycles. The van der Waals surface area contributed by atoms with Crippen LogP contribution in [-0.4, -0.2) is 45.2 Å². The highest BCUT2D eigenvalue weighted by Crippen LogP contribution is 2.66. The van der Waals surface area contributed by atoms with E-state index in [2.05, 4.69) is 0 Å². The van der Waals surface area contributed by atoms with E-state index >= 15 is 0 Å². The predicted octanol–water partition coefficient (Wildman–Crippen LogP) is 0.538. The molecule has 0 spiro atoms. The normalized spacial score (nSPS) is 50.5. The standard InChI is InChI=1S/C15H22O5/c1-14(6-16)5-7-10(12(14)18)15(2)4-3-8(15)9(11(7)17)13(19)20/h7,10-12,16-18H,3-6H2,1-2H3,(H,19,20). The molecule has 3 aliphatic carbocycles. The van der Waals surface area contributed by atoms with Crippen LogP contribution in [0.3, 0.4) is 0 Å². The monoisotopic (exact) mass is 282 g/mol. The molecule has 5 nitrogen and oxygen atoms in total. The zero-order valence-electron chi connectivity index (χ0n) is 11.8. The summed E-state index contributed by atoms with van der Waals surface area (Å²) in [5.74, 6) is -1.51. The molecule has 20 heavy (non-hydrogen) atoms. The Kier molecular flexibility index (Phi) is 2.85. The zero-order valence-corrected chi connectivity index (χ0v) is 11.8. The highest BCUT2D eigenvalue weighted by atomic mass is 16.4. The summed E-state index contributed by atoms with van der Waals surface area (Å²) >= 11 is 0. The number of carboxylic acid groups (broad SMARTS) is 1. The van der Waals surface area contributed by atoms with E-state index in [0.717, 1.165) is 12.0 Å². The van der Waals surface area contributed by atoms with Crippen LogP contribution >= 0.6 is 0 Å². The molecule has 3 rings (SSSR count). The average molecular weight is 282 g/mol. The maximum Gasteiger partial charge on any atom is 0.334 e. The zero-order chi connectivity index (χ0) is 14.9. The van der Waals surface area contributed by atoms with Gasteiger partial charge in [0.15, 0.2) is 0 Å². The van der Waals surface area contributed by atoms with Crippen molar-refractivity contribution in [3.63, 3.8) is 0 Å². The van der Waals surface area contributed by atoms with Gasteiger partial charge >= 0.3 is 5.97 Å². The van der Waals surface area contributed by atoms with Crippen molar-refractivity contribution in [2.75, 3.05) is 6.61 Å². The van der Waals surface area contributed by atoms with Gasteiger partial charge in [-0.3, -0.25) is 0 Å². The highest BCUT2D eigenvalue weighted by Gasteiger charge is 2.64. The van der Waals surface area contributed by atoms with Crippen molar-refractivity contribution in [2.24, 2.45) is 22.7 Å². The van der Waals surface area contributed by atoms with Crippen LogP contribution in [0.15, 0.2) is 11.1 Å². The molecule has 6 atom stereocenters. The van der Waals surface area contributed by atoms with E-state index in [4.69, 9.17) is 0 Å². The molecule has 0 amide bonds. The van der Waals surface area contributed by atoms with Crippen molar-refractivity contribution in [1.82, 2.24) is 0 Å². The number of aliphatic hydroxyl groups excluding tert-OH is 3. The fraction of sp³-hybridized carbons (Fsp3) is 0.800. The molecular formula is C15H22O5. The summed E-state index contributed by atoms with van der Waals surface area (Å²) in [6.07, 6.45) is 0.231. The number of carboxylic acids is 1. The first kappa shape index (κ1) is 14.0. The number of hydrogen-bond acceptors (Lipinski definition) is 4. The third kappa shape index (κ3) is 1.46. The van der Waals surface area contributed by atoms with Gasteiger partial charge in [-0.2, -0.15) is 0 Å². The summed E-state index contributed by atoms with van der Waals surface area (Å²) in [4.78, 5) is 11.5. The Labute approximate surface area is 117 Å². The molecule has 112 valence electrons. The summed E-state index contributed by atoms with van der Waals surface area (Å²) in [7, 11) is 0. The van der Waals surface area contributed by atoms with Crippen molar-refractivity contribution in [1.29, 1.82) is 0 Å². The van der Waals surface area contributed by atoms with Crippen LogP contribution in [0.5, 0.6) is 0 Å². The van der Waals surface area contributed by atoms with Gasteiger partial charge in [-0.15, -0.1) is 0 Å². The SMILES string of the molecule is CC1(CO)CC2C(O)C(C(=O)O)=C3CCC3(C)C2C1O. The largest absolute Gasteiger partial charge is 0.478 e. The molecule has 2 fully saturated rings. The Morgan fingerprint density at radius 1 is 1.35 bits per heavy atom. The van der Waals surface area contributed by atoms with E-state index in [1.54, 1.807) is 0 Å². The maximum atomic E-state index is 11.5. The minimum Gasteiger partial charge on any atom is -0.478 e. The first-order valence-electron chi connectivity index (χ1n) is 7.20. The van der Waals surface area contributed by atoms with Crippen LogP contribution in [0, 0.1) is 22.7 Å². The number of allylic oxidation sites excluding steroid dienone is 1. The Hall–Kier alpha value is -0.910. The van der Waals surface area contributed by atoms with Gasteiger partial charge in [0.05, 0.1) is 24.4 Å². The molecule has 0 radical (unpaired) electrons. The minimum absolute atomic E-state index is 0.134. The van der Waals surface area contributed by atoms with Crippen molar-refractivity contribution in [2.45, 2.75) is 45.3 Å². The first-order chi connectivity index (χ1) is 9.26. The third-order valence-electron chi connectivity index (χ3n) is 6.15. The lowest BCUT2D eigenvalue weighted by Gasteiger charge is -2.55. The molecule has 0 saturated heterocycles. The summed E-state index contributed by atoms with van der Waals surface area (Å²) in [6, 6.07) is 0. The van der Waals surface area contributed by atoms with Crippen molar-refractivity contribution >= 4 is 5.97 Å². The summed E-state index contributed by atoms with van der Waals surface area (Å²) in [5, 5.41) is 40.1. The first-order valence-corrected chi connectivity index (χ1v) is 7.20. The molecule has 3 aliphatic rings. The number of fused-ring (bicyclic) bond motifs is 3. The second kappa shape index (κ2) is 4.06. The Bertz CT molecular complexity index is 498. The number of aliphatic carboxylic acids is 1. The molecule has 0 aliphatic heterocycles. The van der Waals surface area contributed by atoms with Gasteiger partial charge in [0.25, 0.3) is 0 Å². The quantitative estimate of drug-likeness (QED) is 0.592. The molecular weight excluding hydrogens is 260 g/mol. The van der Waals surface area contributed by atoms with Gasteiger partial charge in [-0.05, 0) is 30.6 Å². The van der Waals surface area contributed by atoms with Crippen LogP contribution in [0.1, 0.15) is 33.1 Å². The molecule has 4 N–H and O–H groups in total. The van der Waals surface area contributed by atoms with Crippen LogP contribution < -0.4 is 0 Å². The molecule has 6 unspecified atom stereocenters. The lowest BCUT2D eigenvalue weighted by molar-refractivity contribution is -0.136. The second-order valence-electron chi connectivity index (χ2n) is 7.21. The lowest BCUT2D eigenvalue weighted by Crippen LogP contribution is -2.53. The number of rotatable bonds is 2. The van der Waals surface area contributed by atoms with Gasteiger partial charge in [-0.1, -0.05) is 19.4 Å². The Morgan fingerprint density at radius 2 is 2.00 bits per heavy atom. The van der Waals surface area contributed by atoms with Gasteiger partial charge in [0.2, 0.25) is 0 Å². The highest BCUT2D eigenvalue weighted by molar-refractivity contribution is 5.90. The molecule has 5 heteroatoms. The van der Waals surface area contributed by atoms with E-state index in [1.165, 1.54) is 0 Å². The van der Waals surface area contributed by atoms with E-state index in [-0.39, 0.29) is 29.4 Å². The summed E-state index contributed by atoms with van der Waals surface area (Å²) in [6.45, 7) is 3.65. The van der Waals surface area contributed by atoms with Crippen molar-refractivity contribution in [3.05, 3.63) is 11.1 Å². The maximum absolute atomic E-state index is 11.5. The second-order valence-corrected chi connectivity index (χ2v) is 7.21. The van der Waals surface area contributed by atoms with E-state index in [9.17, 15) is 25.2 Å². The molecule has 0 bridgehead atoms. The number of hydrogen-bond donors (Lipinski definition) is 4. The molecule has 0 aromatic carbocycles. The minimum atomic E-state index is -1.05. The van der Waals surface area contributed by atoms with E-state index < -0.39 is 23.6 Å². The van der Waals surface area contributed by atoms with E-state index in [0.29, 0.717) is 12.8 Å². The fourth-order valence-corrected chi connectivity index (χ4v) is 4.84. The Balaban J connectivity index is 2.10. The summed E-state index contributed by atoms with van der Waals surface area (Å²) < 4.78 is 0. The number of carbonyl (C=O) groups is 1. The topological polar surface area (TPSA) is 98.0 Å². The van der Waals surface area contributed by atoms with Crippen LogP contribution in [-0.2, 0) is 4.79 Å². The van der Waals surface area contributed by atoms with Gasteiger partial charge in [-0.25, -0.2) is 4.79 Å². The van der Waals surface area contributed by atoms with Crippen LogP contribution in [0.4, 0.5) is 0 Å². The van der Waals surface area contributed by atoms with Gasteiger partial charge in [0.1, 0.15) is 0 Å². The molecule has 0 aromatic heterocycles. The lowest BCUT2D eigenvalue weighted by atomic mass is 9.50. The Morgan fingerprint density at radius 3 is 2.45 bits per heavy atom. The smallest absolute Gasteiger partial charge is 0.334 e. The predicted molar refractivity (Wildman–Crippen MR) is 70.8 cm³/mol. The molecule has 0 heterocycles. The third-order valence-corrected chi connectivity index (χ3v) is 6.15. The van der Waals surface area contributed by atoms with Gasteiger partial charge in [0, 0.05) is 11.3 Å². The van der Waals surface area contributed by atoms with Crippen molar-refractivity contribution in [3.8, 4) is 0 Å². The van der Waals surface area contributed by atoms with E-state index in [1.807, 2.05) is 13.8 Å². The number of aliphatic hydroxyl groups is 3. The molecule has 0 aromatic rings. The summed E-state index contributed by atoms with van der Waals surface area (Å²) in [5.41, 5.74) is -0.0767. The van der Waals surface area contributed by atoms with Gasteiger partial charge < -0.3 is 20.4 Å². The van der Waals surface area contributed by atoms with Crippen LogP contribution in [0.25, 0.3) is 0 Å².